The van der Waals surface area contributed by atoms with Crippen LogP contribution < -0.4 is 5.73 Å². The number of hydrogen-bond donors (Lipinski definition) is 1. The van der Waals surface area contributed by atoms with E-state index in [1.807, 2.05) is 0 Å². The molecular formula is C7H8N2O2. The first-order chi connectivity index (χ1) is 5.40. The number of oxazole rings is 1. The normalized spacial score (nSPS) is 11.0. The van der Waals surface area contributed by atoms with Gasteiger partial charge in [0.25, 0.3) is 0 Å². The first kappa shape index (κ1) is 6.42. The second-order valence-corrected chi connectivity index (χ2v) is 2.27. The van der Waals surface area contributed by atoms with Crippen LogP contribution in [0.3, 0.4) is 0 Å². The van der Waals surface area contributed by atoms with Gasteiger partial charge in [0.1, 0.15) is 18.0 Å². The van der Waals surface area contributed by atoms with Crippen LogP contribution in [0.1, 0.15) is 5.89 Å². The van der Waals surface area contributed by atoms with E-state index in [0.29, 0.717) is 24.4 Å². The molecule has 2 aromatic rings. The molecule has 0 amide bonds. The van der Waals surface area contributed by atoms with Crippen LogP contribution in [-0.2, 0) is 6.42 Å². The molecule has 0 aromatic carbocycles. The highest BCUT2D eigenvalue weighted by atomic mass is 16.4. The van der Waals surface area contributed by atoms with Crippen LogP contribution in [0, 0.1) is 0 Å². The number of aromatic nitrogens is 1. The van der Waals surface area contributed by atoms with Crippen LogP contribution in [0.4, 0.5) is 0 Å². The third-order valence-corrected chi connectivity index (χ3v) is 1.44. The van der Waals surface area contributed by atoms with E-state index in [-0.39, 0.29) is 0 Å². The topological polar surface area (TPSA) is 65.2 Å². The van der Waals surface area contributed by atoms with Crippen molar-refractivity contribution in [1.82, 2.24) is 4.98 Å². The lowest BCUT2D eigenvalue weighted by molar-refractivity contribution is 0.507. The van der Waals surface area contributed by atoms with Gasteiger partial charge in [0, 0.05) is 13.0 Å². The molecule has 4 nitrogen and oxygen atoms in total. The number of fused-ring (bicyclic) bond motifs is 1. The highest BCUT2D eigenvalue weighted by Gasteiger charge is 2.05. The Kier molecular flexibility index (Phi) is 1.40. The summed E-state index contributed by atoms with van der Waals surface area (Å²) in [6.07, 6.45) is 3.76. The molecule has 0 aliphatic rings. The molecule has 2 heterocycles. The van der Waals surface area contributed by atoms with Gasteiger partial charge in [-0.3, -0.25) is 0 Å². The monoisotopic (exact) mass is 152 g/mol. The Morgan fingerprint density at radius 1 is 1.45 bits per heavy atom. The van der Waals surface area contributed by atoms with Crippen LogP contribution in [0.15, 0.2) is 21.4 Å². The van der Waals surface area contributed by atoms with Gasteiger partial charge in [0.2, 0.25) is 0 Å². The predicted molar refractivity (Wildman–Crippen MR) is 39.0 cm³/mol. The molecule has 0 radical (unpaired) electrons. The highest BCUT2D eigenvalue weighted by Crippen LogP contribution is 2.15. The average molecular weight is 152 g/mol. The smallest absolute Gasteiger partial charge is 0.197 e. The first-order valence-corrected chi connectivity index (χ1v) is 3.42. The summed E-state index contributed by atoms with van der Waals surface area (Å²) in [5, 5.41) is 0. The molecule has 0 bridgehead atoms. The van der Waals surface area contributed by atoms with Crippen LogP contribution in [-0.4, -0.2) is 11.5 Å². The molecule has 0 saturated heterocycles. The van der Waals surface area contributed by atoms with Crippen molar-refractivity contribution in [1.29, 1.82) is 0 Å². The maximum atomic E-state index is 5.33. The first-order valence-electron chi connectivity index (χ1n) is 3.42. The minimum Gasteiger partial charge on any atom is -0.466 e. The van der Waals surface area contributed by atoms with Crippen molar-refractivity contribution in [3.8, 4) is 0 Å². The molecule has 0 atom stereocenters. The van der Waals surface area contributed by atoms with Crippen LogP contribution >= 0.6 is 0 Å². The van der Waals surface area contributed by atoms with E-state index >= 15 is 0 Å². The zero-order valence-electron chi connectivity index (χ0n) is 5.91. The summed E-state index contributed by atoms with van der Waals surface area (Å²) in [7, 11) is 0. The molecule has 11 heavy (non-hydrogen) atoms. The van der Waals surface area contributed by atoms with Gasteiger partial charge < -0.3 is 14.6 Å². The van der Waals surface area contributed by atoms with Gasteiger partial charge in [0.15, 0.2) is 11.5 Å². The molecule has 0 aliphatic carbocycles. The minimum atomic E-state index is 0.556. The highest BCUT2D eigenvalue weighted by molar-refractivity contribution is 5.70. The molecule has 58 valence electrons. The van der Waals surface area contributed by atoms with Crippen LogP contribution in [0.2, 0.25) is 0 Å². The average Bonchev–Trinajstić information content (AvgIpc) is 2.46. The van der Waals surface area contributed by atoms with E-state index in [0.717, 1.165) is 5.52 Å². The second-order valence-electron chi connectivity index (χ2n) is 2.27. The number of hydrogen-bond acceptors (Lipinski definition) is 4. The lowest BCUT2D eigenvalue weighted by Crippen LogP contribution is -2.02. The molecule has 0 aliphatic heterocycles. The zero-order valence-corrected chi connectivity index (χ0v) is 5.91. The van der Waals surface area contributed by atoms with Gasteiger partial charge in [-0.2, -0.15) is 0 Å². The summed E-state index contributed by atoms with van der Waals surface area (Å²) in [4.78, 5) is 4.12. The molecule has 0 fully saturated rings. The predicted octanol–water partition coefficient (Wildman–Crippen LogP) is 0.922. The van der Waals surface area contributed by atoms with Crippen molar-refractivity contribution in [3.63, 3.8) is 0 Å². The van der Waals surface area contributed by atoms with Crippen molar-refractivity contribution in [2.75, 3.05) is 6.54 Å². The van der Waals surface area contributed by atoms with Crippen LogP contribution in [0.25, 0.3) is 11.1 Å². The third-order valence-electron chi connectivity index (χ3n) is 1.44. The van der Waals surface area contributed by atoms with Gasteiger partial charge in [-0.15, -0.1) is 0 Å². The van der Waals surface area contributed by atoms with Gasteiger partial charge >= 0.3 is 0 Å². The number of nitrogens with zero attached hydrogens (tertiary/aromatic N) is 1. The number of furan rings is 1. The van der Waals surface area contributed by atoms with E-state index in [2.05, 4.69) is 4.98 Å². The summed E-state index contributed by atoms with van der Waals surface area (Å²) < 4.78 is 10.1. The van der Waals surface area contributed by atoms with Gasteiger partial charge in [-0.05, 0) is 0 Å². The molecule has 0 spiro atoms. The summed E-state index contributed by atoms with van der Waals surface area (Å²) in [5.41, 5.74) is 6.77. The van der Waals surface area contributed by atoms with E-state index in [9.17, 15) is 0 Å². The zero-order chi connectivity index (χ0) is 7.68. The SMILES string of the molecule is NCCc1nc2cocc2o1. The molecule has 4 heteroatoms. The maximum Gasteiger partial charge on any atom is 0.197 e. The Morgan fingerprint density at radius 2 is 2.36 bits per heavy atom. The summed E-state index contributed by atoms with van der Waals surface area (Å²) in [5.74, 6) is 0.674. The van der Waals surface area contributed by atoms with Gasteiger partial charge in [-0.1, -0.05) is 0 Å². The number of rotatable bonds is 2. The van der Waals surface area contributed by atoms with E-state index in [1.165, 1.54) is 6.26 Å². The van der Waals surface area contributed by atoms with Crippen molar-refractivity contribution in [3.05, 3.63) is 18.4 Å². The van der Waals surface area contributed by atoms with Gasteiger partial charge in [-0.25, -0.2) is 4.98 Å². The Bertz CT molecular complexity index is 321. The molecule has 2 aromatic heterocycles. The molecular weight excluding hydrogens is 144 g/mol. The van der Waals surface area contributed by atoms with Crippen molar-refractivity contribution in [2.24, 2.45) is 5.73 Å². The fourth-order valence-electron chi connectivity index (χ4n) is 0.951. The summed E-state index contributed by atoms with van der Waals surface area (Å²) >= 11 is 0. The van der Waals surface area contributed by atoms with Crippen molar-refractivity contribution < 1.29 is 8.83 Å². The molecule has 2 N–H and O–H groups in total. The van der Waals surface area contributed by atoms with E-state index in [4.69, 9.17) is 14.6 Å². The Hall–Kier alpha value is -1.29. The van der Waals surface area contributed by atoms with Crippen molar-refractivity contribution >= 4 is 11.1 Å². The summed E-state index contributed by atoms with van der Waals surface area (Å²) in [6, 6.07) is 0. The molecule has 0 unspecified atom stereocenters. The fourth-order valence-corrected chi connectivity index (χ4v) is 0.951. The third kappa shape index (κ3) is 1.01. The Morgan fingerprint density at radius 3 is 3.09 bits per heavy atom. The maximum absolute atomic E-state index is 5.33. The quantitative estimate of drug-likeness (QED) is 0.694. The fraction of sp³-hybridized carbons (Fsp3) is 0.286. The second kappa shape index (κ2) is 2.39. The standard InChI is InChI=1S/C7H8N2O2/c8-2-1-7-9-5-3-10-4-6(5)11-7/h3-4H,1-2,8H2. The number of nitrogens with two attached hydrogens (primary N) is 1. The van der Waals surface area contributed by atoms with E-state index in [1.54, 1.807) is 6.26 Å². The molecule has 2 rings (SSSR count). The summed E-state index contributed by atoms with van der Waals surface area (Å²) in [6.45, 7) is 0.556. The largest absolute Gasteiger partial charge is 0.466 e. The van der Waals surface area contributed by atoms with E-state index < -0.39 is 0 Å². The Balaban J connectivity index is 2.42. The van der Waals surface area contributed by atoms with Crippen LogP contribution in [0.5, 0.6) is 0 Å². The van der Waals surface area contributed by atoms with Crippen molar-refractivity contribution in [2.45, 2.75) is 6.42 Å². The lowest BCUT2D eigenvalue weighted by Gasteiger charge is -1.85. The van der Waals surface area contributed by atoms with Gasteiger partial charge in [0.05, 0.1) is 0 Å². The molecule has 0 saturated carbocycles. The minimum absolute atomic E-state index is 0.556. The Labute approximate surface area is 63.0 Å². The lowest BCUT2D eigenvalue weighted by atomic mass is 10.4.